The Morgan fingerprint density at radius 1 is 1.18 bits per heavy atom. The van der Waals surface area contributed by atoms with E-state index in [9.17, 15) is 4.79 Å². The van der Waals surface area contributed by atoms with E-state index >= 15 is 0 Å². The normalized spacial score (nSPS) is 25.3. The summed E-state index contributed by atoms with van der Waals surface area (Å²) < 4.78 is 0. The lowest BCUT2D eigenvalue weighted by Crippen LogP contribution is -2.40. The van der Waals surface area contributed by atoms with E-state index in [1.807, 2.05) is 24.4 Å². The number of H-pyrrole nitrogens is 1. The minimum atomic E-state index is -0.424. The van der Waals surface area contributed by atoms with Gasteiger partial charge in [0.1, 0.15) is 5.54 Å². The Morgan fingerprint density at radius 3 is 2.79 bits per heavy atom. The molecule has 142 valence electrons. The largest absolute Gasteiger partial charge is 0.326 e. The first-order chi connectivity index (χ1) is 13.5. The van der Waals surface area contributed by atoms with Crippen molar-refractivity contribution in [3.8, 4) is 0 Å². The quantitative estimate of drug-likeness (QED) is 0.591. The molecule has 0 spiro atoms. The van der Waals surface area contributed by atoms with Crippen molar-refractivity contribution in [3.63, 3.8) is 0 Å². The van der Waals surface area contributed by atoms with Crippen LogP contribution in [0.4, 0.5) is 0 Å². The lowest BCUT2D eigenvalue weighted by molar-refractivity contribution is 0.413. The Balaban J connectivity index is 1.78. The molecule has 1 aromatic carbocycles. The van der Waals surface area contributed by atoms with Gasteiger partial charge in [-0.25, -0.2) is 0 Å². The lowest BCUT2D eigenvalue weighted by Gasteiger charge is -2.45. The maximum Gasteiger partial charge on any atom is 0.248 e. The minimum absolute atomic E-state index is 0.0416. The van der Waals surface area contributed by atoms with E-state index in [-0.39, 0.29) is 5.56 Å². The Bertz CT molecular complexity index is 1080. The standard InChI is InChI=1S/C25H26N2O/c1-4-21-20-14-17(2)16-25(21,22-11-12-24(28)27-23(22)15-20)26-13-7-10-19-9-6-5-8-18(19)3/h4-14,20H,15-16H2,1-3H3,(H,27,28)/b10-7+,21-4+,26-13?. The summed E-state index contributed by atoms with van der Waals surface area (Å²) in [5.41, 5.74) is 6.81. The van der Waals surface area contributed by atoms with Crippen LogP contribution >= 0.6 is 0 Å². The van der Waals surface area contributed by atoms with Gasteiger partial charge >= 0.3 is 0 Å². The van der Waals surface area contributed by atoms with Gasteiger partial charge in [-0.2, -0.15) is 0 Å². The van der Waals surface area contributed by atoms with Crippen LogP contribution in [0.15, 0.2) is 75.6 Å². The first kappa shape index (κ1) is 18.4. The molecule has 0 radical (unpaired) electrons. The van der Waals surface area contributed by atoms with E-state index in [2.05, 4.69) is 62.2 Å². The van der Waals surface area contributed by atoms with Crippen LogP contribution in [0, 0.1) is 12.8 Å². The van der Waals surface area contributed by atoms with Crippen molar-refractivity contribution >= 4 is 12.3 Å². The van der Waals surface area contributed by atoms with Crippen LogP contribution in [0.3, 0.4) is 0 Å². The smallest absolute Gasteiger partial charge is 0.248 e. The predicted molar refractivity (Wildman–Crippen MR) is 117 cm³/mol. The summed E-state index contributed by atoms with van der Waals surface area (Å²) in [6, 6.07) is 11.9. The van der Waals surface area contributed by atoms with Crippen molar-refractivity contribution in [1.29, 1.82) is 0 Å². The molecule has 2 atom stereocenters. The number of aromatic nitrogens is 1. The van der Waals surface area contributed by atoms with Crippen LogP contribution in [-0.2, 0) is 12.0 Å². The third-order valence-electron chi connectivity index (χ3n) is 5.92. The van der Waals surface area contributed by atoms with Gasteiger partial charge in [0.2, 0.25) is 5.56 Å². The third kappa shape index (κ3) is 3.11. The highest BCUT2D eigenvalue weighted by Gasteiger charge is 2.46. The number of aliphatic imine (C=N–C) groups is 1. The van der Waals surface area contributed by atoms with E-state index in [1.165, 1.54) is 22.3 Å². The van der Waals surface area contributed by atoms with Crippen LogP contribution in [-0.4, -0.2) is 11.2 Å². The zero-order valence-corrected chi connectivity index (χ0v) is 16.7. The second kappa shape index (κ2) is 7.23. The van der Waals surface area contributed by atoms with Gasteiger partial charge in [0, 0.05) is 35.9 Å². The van der Waals surface area contributed by atoms with Gasteiger partial charge in [-0.3, -0.25) is 9.79 Å². The van der Waals surface area contributed by atoms with Crippen molar-refractivity contribution in [1.82, 2.24) is 4.98 Å². The Morgan fingerprint density at radius 2 is 2.00 bits per heavy atom. The minimum Gasteiger partial charge on any atom is -0.326 e. The second-order valence-corrected chi connectivity index (χ2v) is 7.81. The number of benzene rings is 1. The van der Waals surface area contributed by atoms with E-state index < -0.39 is 5.54 Å². The van der Waals surface area contributed by atoms with Crippen LogP contribution in [0.5, 0.6) is 0 Å². The number of hydrogen-bond donors (Lipinski definition) is 1. The number of hydrogen-bond acceptors (Lipinski definition) is 2. The van der Waals surface area contributed by atoms with Crippen LogP contribution in [0.2, 0.25) is 0 Å². The van der Waals surface area contributed by atoms with Gasteiger partial charge in [-0.1, -0.05) is 48.1 Å². The highest BCUT2D eigenvalue weighted by atomic mass is 16.1. The number of aryl methyl sites for hydroxylation is 1. The van der Waals surface area contributed by atoms with Crippen molar-refractivity contribution in [2.24, 2.45) is 10.9 Å². The van der Waals surface area contributed by atoms with E-state index in [0.29, 0.717) is 5.92 Å². The zero-order valence-electron chi connectivity index (χ0n) is 16.7. The molecule has 2 aliphatic carbocycles. The van der Waals surface area contributed by atoms with Crippen molar-refractivity contribution in [2.45, 2.75) is 39.2 Å². The van der Waals surface area contributed by atoms with Gasteiger partial charge in [-0.05, 0) is 56.0 Å². The number of fused-ring (bicyclic) bond motifs is 4. The second-order valence-electron chi connectivity index (χ2n) is 7.81. The van der Waals surface area contributed by atoms with Crippen molar-refractivity contribution < 1.29 is 0 Å². The van der Waals surface area contributed by atoms with Gasteiger partial charge < -0.3 is 4.98 Å². The molecule has 0 aliphatic heterocycles. The highest BCUT2D eigenvalue weighted by molar-refractivity contribution is 5.79. The molecule has 2 aliphatic rings. The van der Waals surface area contributed by atoms with E-state index in [0.717, 1.165) is 24.1 Å². The molecule has 2 bridgehead atoms. The molecule has 28 heavy (non-hydrogen) atoms. The number of allylic oxidation sites excluding steroid dienone is 3. The zero-order chi connectivity index (χ0) is 19.7. The number of nitrogens with one attached hydrogen (secondary N) is 1. The molecule has 4 rings (SSSR count). The number of nitrogens with zero attached hydrogens (tertiary/aromatic N) is 1. The number of aromatic amines is 1. The molecule has 2 aromatic rings. The van der Waals surface area contributed by atoms with Crippen LogP contribution in [0.25, 0.3) is 6.08 Å². The van der Waals surface area contributed by atoms with Crippen molar-refractivity contribution in [3.05, 3.63) is 98.5 Å². The summed E-state index contributed by atoms with van der Waals surface area (Å²) in [7, 11) is 0. The summed E-state index contributed by atoms with van der Waals surface area (Å²) in [4.78, 5) is 20.1. The molecule has 0 saturated carbocycles. The average molecular weight is 370 g/mol. The third-order valence-corrected chi connectivity index (χ3v) is 5.92. The van der Waals surface area contributed by atoms with Crippen LogP contribution < -0.4 is 5.56 Å². The molecule has 3 heteroatoms. The fraction of sp³-hybridized carbons (Fsp3) is 0.280. The maximum atomic E-state index is 11.9. The average Bonchev–Trinajstić information content (AvgIpc) is 2.65. The fourth-order valence-corrected chi connectivity index (χ4v) is 4.74. The summed E-state index contributed by atoms with van der Waals surface area (Å²) >= 11 is 0. The summed E-state index contributed by atoms with van der Waals surface area (Å²) in [6.45, 7) is 6.39. The summed E-state index contributed by atoms with van der Waals surface area (Å²) in [5, 5.41) is 0. The molecule has 2 unspecified atom stereocenters. The number of pyridine rings is 1. The van der Waals surface area contributed by atoms with Gasteiger partial charge in [0.15, 0.2) is 0 Å². The first-order valence-electron chi connectivity index (χ1n) is 9.87. The molecule has 0 amide bonds. The Hall–Kier alpha value is -2.94. The van der Waals surface area contributed by atoms with E-state index in [1.54, 1.807) is 6.07 Å². The topological polar surface area (TPSA) is 45.2 Å². The van der Waals surface area contributed by atoms with E-state index in [4.69, 9.17) is 4.99 Å². The highest BCUT2D eigenvalue weighted by Crippen LogP contribution is 2.51. The lowest BCUT2D eigenvalue weighted by atomic mass is 9.63. The first-order valence-corrected chi connectivity index (χ1v) is 9.87. The Labute approximate surface area is 166 Å². The predicted octanol–water partition coefficient (Wildman–Crippen LogP) is 5.13. The molecule has 0 saturated heterocycles. The molecule has 3 nitrogen and oxygen atoms in total. The monoisotopic (exact) mass is 370 g/mol. The summed E-state index contributed by atoms with van der Waals surface area (Å²) in [5.74, 6) is 0.293. The van der Waals surface area contributed by atoms with Crippen molar-refractivity contribution in [2.75, 3.05) is 0 Å². The fourth-order valence-electron chi connectivity index (χ4n) is 4.74. The van der Waals surface area contributed by atoms with Gasteiger partial charge in [0.05, 0.1) is 0 Å². The number of rotatable bonds is 3. The van der Waals surface area contributed by atoms with Gasteiger partial charge in [-0.15, -0.1) is 0 Å². The maximum absolute atomic E-state index is 11.9. The molecule has 1 N–H and O–H groups in total. The van der Waals surface area contributed by atoms with Crippen LogP contribution in [0.1, 0.15) is 42.7 Å². The molecular formula is C25H26N2O. The molecular weight excluding hydrogens is 344 g/mol. The van der Waals surface area contributed by atoms with Gasteiger partial charge in [0.25, 0.3) is 0 Å². The SMILES string of the molecule is C/C=C1\C2C=C(C)CC1(N=C/C=C/c1ccccc1C)c1ccc(=O)[nH]c1C2. The Kier molecular flexibility index (Phi) is 4.76. The molecule has 1 aromatic heterocycles. The summed E-state index contributed by atoms with van der Waals surface area (Å²) in [6.07, 6.45) is 12.3. The molecule has 1 heterocycles. The molecule has 0 fully saturated rings.